The maximum atomic E-state index is 10.6. The molecule has 124 valence electrons. The van der Waals surface area contributed by atoms with Crippen LogP contribution in [0.5, 0.6) is 0 Å². The van der Waals surface area contributed by atoms with E-state index in [1.54, 1.807) is 20.8 Å². The molecule has 0 fully saturated rings. The summed E-state index contributed by atoms with van der Waals surface area (Å²) in [6.07, 6.45) is 0.0579. The molecule has 0 aromatic carbocycles. The topological polar surface area (TPSA) is 105 Å². The molecular weight excluding hydrogens is 298 g/mol. The lowest BCUT2D eigenvalue weighted by Gasteiger charge is -2.16. The SMILES string of the molecule is CC(C)(C)OC(N)=O.COC(=O)CCSCCC(=O)OC. The van der Waals surface area contributed by atoms with E-state index in [0.717, 1.165) is 0 Å². The van der Waals surface area contributed by atoms with Gasteiger partial charge in [0.25, 0.3) is 0 Å². The Balaban J connectivity index is 0. The molecular formula is C13H25NO6S. The van der Waals surface area contributed by atoms with Crippen molar-refractivity contribution >= 4 is 29.8 Å². The van der Waals surface area contributed by atoms with Crippen LogP contribution in [-0.2, 0) is 23.8 Å². The fourth-order valence-electron chi connectivity index (χ4n) is 0.919. The first-order valence-electron chi connectivity index (χ1n) is 6.32. The third-order valence-corrected chi connectivity index (χ3v) is 2.75. The second-order valence-corrected chi connectivity index (χ2v) is 6.02. The van der Waals surface area contributed by atoms with Crippen LogP contribution in [0.15, 0.2) is 0 Å². The smallest absolute Gasteiger partial charge is 0.405 e. The molecule has 0 aliphatic carbocycles. The number of nitrogens with two attached hydrogens (primary N) is 1. The van der Waals surface area contributed by atoms with E-state index in [2.05, 4.69) is 14.2 Å². The summed E-state index contributed by atoms with van der Waals surface area (Å²) in [4.78, 5) is 31.3. The molecule has 0 spiro atoms. The van der Waals surface area contributed by atoms with Gasteiger partial charge in [0, 0.05) is 11.5 Å². The maximum Gasteiger partial charge on any atom is 0.405 e. The molecule has 0 rings (SSSR count). The summed E-state index contributed by atoms with van der Waals surface area (Å²) in [5, 5.41) is 0. The van der Waals surface area contributed by atoms with E-state index in [9.17, 15) is 14.4 Å². The Morgan fingerprint density at radius 1 is 0.952 bits per heavy atom. The first kappa shape index (κ1) is 21.9. The van der Waals surface area contributed by atoms with E-state index in [1.807, 2.05) is 0 Å². The van der Waals surface area contributed by atoms with Gasteiger partial charge in [-0.05, 0) is 20.8 Å². The first-order chi connectivity index (χ1) is 9.62. The molecule has 7 nitrogen and oxygen atoms in total. The summed E-state index contributed by atoms with van der Waals surface area (Å²) >= 11 is 1.54. The highest BCUT2D eigenvalue weighted by Crippen LogP contribution is 2.05. The van der Waals surface area contributed by atoms with Crippen molar-refractivity contribution in [3.63, 3.8) is 0 Å². The molecule has 21 heavy (non-hydrogen) atoms. The second kappa shape index (κ2) is 12.3. The number of carbonyl (C=O) groups is 3. The van der Waals surface area contributed by atoms with Crippen LogP contribution in [0.4, 0.5) is 4.79 Å². The lowest BCUT2D eigenvalue weighted by atomic mass is 10.2. The Kier molecular flexibility index (Phi) is 12.8. The molecule has 0 saturated heterocycles. The number of rotatable bonds is 6. The van der Waals surface area contributed by atoms with Crippen molar-refractivity contribution in [2.45, 2.75) is 39.2 Å². The van der Waals surface area contributed by atoms with E-state index in [4.69, 9.17) is 5.73 Å². The Morgan fingerprint density at radius 2 is 1.33 bits per heavy atom. The highest BCUT2D eigenvalue weighted by Gasteiger charge is 2.12. The average molecular weight is 323 g/mol. The molecule has 0 bridgehead atoms. The number of thioether (sulfide) groups is 1. The van der Waals surface area contributed by atoms with Crippen molar-refractivity contribution in [1.29, 1.82) is 0 Å². The largest absolute Gasteiger partial charge is 0.469 e. The summed E-state index contributed by atoms with van der Waals surface area (Å²) in [5.41, 5.74) is 4.26. The number of esters is 2. The number of carbonyl (C=O) groups excluding carboxylic acids is 3. The number of methoxy groups -OCH3 is 2. The summed E-state index contributed by atoms with van der Waals surface area (Å²) < 4.78 is 13.5. The van der Waals surface area contributed by atoms with Gasteiger partial charge >= 0.3 is 18.0 Å². The van der Waals surface area contributed by atoms with Crippen LogP contribution in [0, 0.1) is 0 Å². The third-order valence-electron chi connectivity index (χ3n) is 1.76. The van der Waals surface area contributed by atoms with Gasteiger partial charge in [0.1, 0.15) is 5.60 Å². The van der Waals surface area contributed by atoms with Crippen molar-refractivity contribution in [3.05, 3.63) is 0 Å². The molecule has 0 heterocycles. The van der Waals surface area contributed by atoms with Gasteiger partial charge in [-0.15, -0.1) is 0 Å². The van der Waals surface area contributed by atoms with Gasteiger partial charge in [0.15, 0.2) is 0 Å². The molecule has 0 atom stereocenters. The van der Waals surface area contributed by atoms with Crippen molar-refractivity contribution in [3.8, 4) is 0 Å². The predicted octanol–water partition coefficient (Wildman–Crippen LogP) is 1.73. The molecule has 8 heteroatoms. The van der Waals surface area contributed by atoms with E-state index in [-0.39, 0.29) is 11.9 Å². The Bertz CT molecular complexity index is 309. The molecule has 0 aromatic rings. The van der Waals surface area contributed by atoms with Crippen LogP contribution in [0.25, 0.3) is 0 Å². The van der Waals surface area contributed by atoms with E-state index in [1.165, 1.54) is 26.0 Å². The summed E-state index contributed by atoms with van der Waals surface area (Å²) in [7, 11) is 2.73. The molecule has 0 saturated carbocycles. The fourth-order valence-corrected chi connectivity index (χ4v) is 1.75. The van der Waals surface area contributed by atoms with Crippen LogP contribution >= 0.6 is 11.8 Å². The van der Waals surface area contributed by atoms with Gasteiger partial charge in [-0.3, -0.25) is 9.59 Å². The summed E-state index contributed by atoms with van der Waals surface area (Å²) in [6, 6.07) is 0. The number of hydrogen-bond acceptors (Lipinski definition) is 7. The van der Waals surface area contributed by atoms with Crippen molar-refractivity contribution in [2.24, 2.45) is 5.73 Å². The van der Waals surface area contributed by atoms with Gasteiger partial charge in [0.2, 0.25) is 0 Å². The molecule has 0 aliphatic rings. The van der Waals surface area contributed by atoms with Crippen LogP contribution in [-0.4, -0.2) is 49.4 Å². The Morgan fingerprint density at radius 3 is 1.52 bits per heavy atom. The number of hydrogen-bond donors (Lipinski definition) is 1. The van der Waals surface area contributed by atoms with Gasteiger partial charge in [-0.2, -0.15) is 11.8 Å². The average Bonchev–Trinajstić information content (AvgIpc) is 2.35. The minimum absolute atomic E-state index is 0.217. The fraction of sp³-hybridized carbons (Fsp3) is 0.769. The maximum absolute atomic E-state index is 10.6. The van der Waals surface area contributed by atoms with Gasteiger partial charge < -0.3 is 19.9 Å². The Hall–Kier alpha value is -1.44. The highest BCUT2D eigenvalue weighted by atomic mass is 32.2. The minimum Gasteiger partial charge on any atom is -0.469 e. The molecule has 0 unspecified atom stereocenters. The van der Waals surface area contributed by atoms with Gasteiger partial charge in [-0.25, -0.2) is 4.79 Å². The zero-order valence-electron chi connectivity index (χ0n) is 13.3. The number of ether oxygens (including phenoxy) is 3. The van der Waals surface area contributed by atoms with Crippen LogP contribution < -0.4 is 5.73 Å². The highest BCUT2D eigenvalue weighted by molar-refractivity contribution is 7.99. The Labute approximate surface area is 129 Å². The zero-order chi connectivity index (χ0) is 16.9. The minimum atomic E-state index is -0.725. The summed E-state index contributed by atoms with van der Waals surface area (Å²) in [6.45, 7) is 5.28. The van der Waals surface area contributed by atoms with E-state index < -0.39 is 11.7 Å². The number of primary amides is 1. The van der Waals surface area contributed by atoms with E-state index >= 15 is 0 Å². The molecule has 0 aliphatic heterocycles. The van der Waals surface area contributed by atoms with Crippen molar-refractivity contribution in [2.75, 3.05) is 25.7 Å². The van der Waals surface area contributed by atoms with Gasteiger partial charge in [-0.1, -0.05) is 0 Å². The van der Waals surface area contributed by atoms with Crippen LogP contribution in [0.1, 0.15) is 33.6 Å². The molecule has 1 amide bonds. The first-order valence-corrected chi connectivity index (χ1v) is 7.47. The molecule has 2 N–H and O–H groups in total. The lowest BCUT2D eigenvalue weighted by molar-refractivity contribution is -0.140. The van der Waals surface area contributed by atoms with Crippen LogP contribution in [0.3, 0.4) is 0 Å². The normalized spacial score (nSPS) is 9.95. The second-order valence-electron chi connectivity index (χ2n) is 4.80. The lowest BCUT2D eigenvalue weighted by Crippen LogP contribution is -2.27. The van der Waals surface area contributed by atoms with Crippen molar-refractivity contribution in [1.82, 2.24) is 0 Å². The molecule has 0 radical (unpaired) electrons. The van der Waals surface area contributed by atoms with Crippen LogP contribution in [0.2, 0.25) is 0 Å². The summed E-state index contributed by atoms with van der Waals surface area (Å²) in [5.74, 6) is 0.934. The third kappa shape index (κ3) is 21.0. The monoisotopic (exact) mass is 323 g/mol. The zero-order valence-corrected chi connectivity index (χ0v) is 14.1. The van der Waals surface area contributed by atoms with Gasteiger partial charge in [0.05, 0.1) is 27.1 Å². The van der Waals surface area contributed by atoms with E-state index in [0.29, 0.717) is 24.3 Å². The van der Waals surface area contributed by atoms with Crippen molar-refractivity contribution < 1.29 is 28.6 Å². The standard InChI is InChI=1S/C8H14O4S.C5H11NO2/c1-11-7(9)3-5-13-6-4-8(10)12-2;1-5(2,3)8-4(6)7/h3-6H2,1-2H3;1-3H3,(H2,6,7). The predicted molar refractivity (Wildman–Crippen MR) is 81.0 cm³/mol. The number of amides is 1. The quantitative estimate of drug-likeness (QED) is 0.451. The molecule has 0 aromatic heterocycles.